The molecular weight excluding hydrogens is 100 g/mol. The van der Waals surface area contributed by atoms with E-state index in [1.807, 2.05) is 0 Å². The van der Waals surface area contributed by atoms with Gasteiger partial charge in [-0.2, -0.15) is 0 Å². The minimum atomic E-state index is 0.304. The van der Waals surface area contributed by atoms with E-state index in [2.05, 4.69) is 17.4 Å². The van der Waals surface area contributed by atoms with Crippen LogP contribution in [0.25, 0.3) is 0 Å². The van der Waals surface area contributed by atoms with Gasteiger partial charge in [0.25, 0.3) is 0 Å². The van der Waals surface area contributed by atoms with E-state index < -0.39 is 0 Å². The fourth-order valence-corrected chi connectivity index (χ4v) is 0.167. The first-order valence-corrected chi connectivity index (χ1v) is 2.06. The van der Waals surface area contributed by atoms with Gasteiger partial charge in [0.1, 0.15) is 6.61 Å². The van der Waals surface area contributed by atoms with Crippen molar-refractivity contribution in [2.75, 3.05) is 12.4 Å². The molecule has 6 heavy (non-hydrogen) atoms. The van der Waals surface area contributed by atoms with E-state index in [1.165, 1.54) is 6.47 Å². The molecule has 0 aliphatic carbocycles. The fraction of sp³-hybridized carbons (Fsp3) is 0.667. The molecule has 0 aromatic carbocycles. The molecule has 0 heterocycles. The van der Waals surface area contributed by atoms with Crippen LogP contribution in [0.5, 0.6) is 0 Å². The highest BCUT2D eigenvalue weighted by Crippen LogP contribution is 1.70. The highest BCUT2D eigenvalue weighted by Gasteiger charge is 1.75. The first-order chi connectivity index (χ1) is 2.91. The Kier molecular flexibility index (Phi) is 4.68. The third-order valence-electron chi connectivity index (χ3n) is 0.244. The standard InChI is InChI=1S/C3H4O2S/c4-3-5-1-2-6/h1-2H2. The Bertz CT molecular complexity index is 37.8. The Morgan fingerprint density at radius 1 is 1.83 bits per heavy atom. The van der Waals surface area contributed by atoms with Crippen LogP contribution >= 0.6 is 12.6 Å². The molecule has 0 rings (SSSR count). The summed E-state index contributed by atoms with van der Waals surface area (Å²) < 4.78 is 4.07. The van der Waals surface area contributed by atoms with Crippen molar-refractivity contribution in [3.63, 3.8) is 0 Å². The van der Waals surface area contributed by atoms with E-state index >= 15 is 0 Å². The topological polar surface area (TPSA) is 26.3 Å². The van der Waals surface area contributed by atoms with Crippen molar-refractivity contribution < 1.29 is 9.53 Å². The Labute approximate surface area is 41.9 Å². The van der Waals surface area contributed by atoms with Gasteiger partial charge in [-0.15, -0.1) is 0 Å². The number of hydrogen-bond acceptors (Lipinski definition) is 2. The average Bonchev–Trinajstić information content (AvgIpc) is 1.61. The molecule has 0 spiro atoms. The molecule has 0 aromatic rings. The smallest absolute Gasteiger partial charge is 0.417 e. The monoisotopic (exact) mass is 104 g/mol. The summed E-state index contributed by atoms with van der Waals surface area (Å²) in [5.41, 5.74) is 0. The minimum absolute atomic E-state index is 0.304. The molecule has 0 saturated carbocycles. The lowest BCUT2D eigenvalue weighted by atomic mass is 10.9. The van der Waals surface area contributed by atoms with Crippen molar-refractivity contribution in [2.24, 2.45) is 0 Å². The van der Waals surface area contributed by atoms with Gasteiger partial charge in [0.2, 0.25) is 0 Å². The summed E-state index contributed by atoms with van der Waals surface area (Å²) in [6.45, 7) is 1.56. The molecule has 0 amide bonds. The third-order valence-corrected chi connectivity index (χ3v) is 0.411. The van der Waals surface area contributed by atoms with Gasteiger partial charge in [0.15, 0.2) is 0 Å². The lowest BCUT2D eigenvalue weighted by Gasteiger charge is -1.83. The summed E-state index contributed by atoms with van der Waals surface area (Å²) in [5, 5.41) is 0. The zero-order valence-electron chi connectivity index (χ0n) is 3.14. The number of ether oxygens (including phenoxy) is 1. The van der Waals surface area contributed by atoms with Crippen molar-refractivity contribution in [3.8, 4) is 0 Å². The third kappa shape index (κ3) is 3.82. The normalized spacial score (nSPS) is 7.50. The van der Waals surface area contributed by atoms with E-state index in [-0.39, 0.29) is 0 Å². The Balaban J connectivity index is 2.49. The van der Waals surface area contributed by atoms with Crippen LogP contribution in [0.15, 0.2) is 0 Å². The van der Waals surface area contributed by atoms with Gasteiger partial charge in [-0.1, -0.05) is 12.6 Å². The first kappa shape index (κ1) is 5.82. The molecule has 0 atom stereocenters. The van der Waals surface area contributed by atoms with Gasteiger partial charge >= 0.3 is 6.47 Å². The maximum Gasteiger partial charge on any atom is 0.417 e. The van der Waals surface area contributed by atoms with Crippen LogP contribution in [0.2, 0.25) is 0 Å². The summed E-state index contributed by atoms with van der Waals surface area (Å²) in [7, 11) is 0. The molecule has 2 nitrogen and oxygen atoms in total. The number of rotatable bonds is 3. The second-order valence-electron chi connectivity index (χ2n) is 0.636. The second kappa shape index (κ2) is 4.82. The van der Waals surface area contributed by atoms with Crippen LogP contribution in [-0.4, -0.2) is 18.8 Å². The van der Waals surface area contributed by atoms with Crippen LogP contribution in [0.1, 0.15) is 0 Å². The molecule has 3 heteroatoms. The summed E-state index contributed by atoms with van der Waals surface area (Å²) in [6, 6.07) is 0. The Morgan fingerprint density at radius 3 is 2.67 bits per heavy atom. The predicted molar refractivity (Wildman–Crippen MR) is 24.1 cm³/mol. The van der Waals surface area contributed by atoms with Gasteiger partial charge in [-0.05, 0) is 0 Å². The average molecular weight is 104 g/mol. The molecule has 34 valence electrons. The minimum Gasteiger partial charge on any atom is -0.456 e. The van der Waals surface area contributed by atoms with Crippen LogP contribution in [0.3, 0.4) is 0 Å². The van der Waals surface area contributed by atoms with Gasteiger partial charge in [0, 0.05) is 5.75 Å². The predicted octanol–water partition coefficient (Wildman–Crippen LogP) is 0.268. The maximum atomic E-state index is 9.17. The van der Waals surface area contributed by atoms with Crippen molar-refractivity contribution >= 4 is 19.1 Å². The second-order valence-corrected chi connectivity index (χ2v) is 1.04. The van der Waals surface area contributed by atoms with Crippen molar-refractivity contribution in [1.29, 1.82) is 0 Å². The number of hydrogen-bond donors (Lipinski definition) is 0. The fourth-order valence-electron chi connectivity index (χ4n) is 0.0833. The van der Waals surface area contributed by atoms with E-state index in [0.717, 1.165) is 0 Å². The quantitative estimate of drug-likeness (QED) is 0.480. The van der Waals surface area contributed by atoms with Crippen molar-refractivity contribution in [3.05, 3.63) is 0 Å². The molecule has 0 aliphatic rings. The van der Waals surface area contributed by atoms with Crippen LogP contribution in [0, 0.1) is 0 Å². The van der Waals surface area contributed by atoms with Gasteiger partial charge in [0.05, 0.1) is 0 Å². The molecule has 0 bridgehead atoms. The summed E-state index contributed by atoms with van der Waals surface area (Å²) >= 11 is 4.41. The summed E-state index contributed by atoms with van der Waals surface area (Å²) in [5.74, 6) is 0.454. The van der Waals surface area contributed by atoms with Crippen molar-refractivity contribution in [1.82, 2.24) is 0 Å². The molecule has 0 aromatic heterocycles. The van der Waals surface area contributed by atoms with Crippen LogP contribution in [-0.2, 0) is 9.53 Å². The van der Waals surface area contributed by atoms with Crippen molar-refractivity contribution in [2.45, 2.75) is 0 Å². The van der Waals surface area contributed by atoms with Crippen LogP contribution in [0.4, 0.5) is 0 Å². The molecule has 0 aliphatic heterocycles. The largest absolute Gasteiger partial charge is 0.456 e. The number of carbonyl (C=O) groups excluding carboxylic acids is 1. The molecule has 0 saturated heterocycles. The Hall–Kier alpha value is -0.180. The lowest BCUT2D eigenvalue weighted by molar-refractivity contribution is 0.299. The van der Waals surface area contributed by atoms with E-state index in [0.29, 0.717) is 12.4 Å². The van der Waals surface area contributed by atoms with Crippen LogP contribution < -0.4 is 0 Å². The highest BCUT2D eigenvalue weighted by molar-refractivity contribution is 7.80. The van der Waals surface area contributed by atoms with Gasteiger partial charge < -0.3 is 4.74 Å². The zero-order chi connectivity index (χ0) is 4.83. The summed E-state index contributed by atoms with van der Waals surface area (Å²) in [4.78, 5) is 9.17. The SMILES string of the molecule is O=[C]OCC[S]. The highest BCUT2D eigenvalue weighted by atomic mass is 32.1. The Morgan fingerprint density at radius 2 is 2.50 bits per heavy atom. The summed E-state index contributed by atoms with van der Waals surface area (Å²) in [6.07, 6.45) is 0. The molecule has 0 unspecified atom stereocenters. The van der Waals surface area contributed by atoms with Gasteiger partial charge in [-0.3, -0.25) is 0 Å². The van der Waals surface area contributed by atoms with E-state index in [9.17, 15) is 4.79 Å². The molecule has 0 fully saturated rings. The maximum absolute atomic E-state index is 9.17. The van der Waals surface area contributed by atoms with E-state index in [1.54, 1.807) is 0 Å². The lowest BCUT2D eigenvalue weighted by Crippen LogP contribution is -1.90. The van der Waals surface area contributed by atoms with E-state index in [4.69, 9.17) is 0 Å². The molecule has 0 N–H and O–H groups in total. The first-order valence-electron chi connectivity index (χ1n) is 1.49. The zero-order valence-corrected chi connectivity index (χ0v) is 3.96. The van der Waals surface area contributed by atoms with Gasteiger partial charge in [-0.25, -0.2) is 4.79 Å². The molecule has 2 radical (unpaired) electrons. The molecular formula is C3H4O2S.